The number of Topliss-reactive ketones (excluding diaryl/α,β-unsaturated/α-hetero) is 1. The first kappa shape index (κ1) is 20.6. The maximum Gasteiger partial charge on any atom is 0.262 e. The van der Waals surface area contributed by atoms with Gasteiger partial charge in [-0.2, -0.15) is 0 Å². The summed E-state index contributed by atoms with van der Waals surface area (Å²) >= 11 is 1.23. The van der Waals surface area contributed by atoms with E-state index in [1.807, 2.05) is 4.57 Å². The van der Waals surface area contributed by atoms with Crippen LogP contribution in [0.1, 0.15) is 28.5 Å². The second-order valence-corrected chi connectivity index (χ2v) is 10.3. The van der Waals surface area contributed by atoms with Gasteiger partial charge in [-0.25, -0.2) is 8.42 Å². The molecule has 1 N–H and O–H groups in total. The van der Waals surface area contributed by atoms with Crippen LogP contribution in [0.5, 0.6) is 5.75 Å². The van der Waals surface area contributed by atoms with E-state index in [2.05, 4.69) is 22.1 Å². The van der Waals surface area contributed by atoms with Crippen LogP contribution in [0.15, 0.2) is 36.0 Å². The van der Waals surface area contributed by atoms with Crippen LogP contribution in [-0.2, 0) is 21.2 Å². The van der Waals surface area contributed by atoms with Gasteiger partial charge in [-0.15, -0.1) is 16.8 Å². The molecule has 4 rings (SSSR count). The van der Waals surface area contributed by atoms with Crippen LogP contribution in [0.4, 0.5) is 5.69 Å². The van der Waals surface area contributed by atoms with Crippen LogP contribution in [0.3, 0.4) is 0 Å². The second kappa shape index (κ2) is 8.23. The lowest BCUT2D eigenvalue weighted by atomic mass is 10.1. The molecule has 9 nitrogen and oxygen atoms in total. The van der Waals surface area contributed by atoms with Gasteiger partial charge >= 0.3 is 0 Å². The maximum absolute atomic E-state index is 12.7. The van der Waals surface area contributed by atoms with Crippen LogP contribution in [0.25, 0.3) is 0 Å². The number of ether oxygens (including phenoxy) is 1. The fraction of sp³-hybridized carbons (Fsp3) is 0.368. The standard InChI is InChI=1S/C19H20N4O5S2/c1-2-6-23-18(13-5-7-30(26,27)11-13)21-22-19(23)29-10-15(24)12-3-4-16-14(8-12)20-17(25)9-28-16/h2-4,8,13H,1,5-7,9-11H2,(H,20,25)/t13-/m0/s1. The number of rotatable bonds is 7. The molecule has 0 saturated carbocycles. The number of hydrogen-bond donors (Lipinski definition) is 1. The van der Waals surface area contributed by atoms with Crippen LogP contribution in [0, 0.1) is 0 Å². The normalized spacial score (nSPS) is 19.6. The van der Waals surface area contributed by atoms with Gasteiger partial charge in [0.15, 0.2) is 27.4 Å². The third-order valence-corrected chi connectivity index (χ3v) is 7.66. The molecule has 1 fully saturated rings. The van der Waals surface area contributed by atoms with Gasteiger partial charge in [-0.3, -0.25) is 9.59 Å². The van der Waals surface area contributed by atoms with Gasteiger partial charge in [-0.1, -0.05) is 17.8 Å². The van der Waals surface area contributed by atoms with E-state index in [-0.39, 0.29) is 41.5 Å². The van der Waals surface area contributed by atoms with Crippen molar-refractivity contribution in [1.29, 1.82) is 0 Å². The molecule has 1 aromatic carbocycles. The molecule has 30 heavy (non-hydrogen) atoms. The molecule has 0 bridgehead atoms. The number of anilines is 1. The molecule has 2 aliphatic rings. The van der Waals surface area contributed by atoms with Crippen molar-refractivity contribution in [3.05, 3.63) is 42.2 Å². The molecule has 0 unspecified atom stereocenters. The number of amides is 1. The minimum atomic E-state index is -3.05. The fourth-order valence-electron chi connectivity index (χ4n) is 3.48. The number of aromatic nitrogens is 3. The molecule has 0 spiro atoms. The van der Waals surface area contributed by atoms with Gasteiger partial charge in [0.25, 0.3) is 5.91 Å². The lowest BCUT2D eigenvalue weighted by Gasteiger charge is -2.18. The van der Waals surface area contributed by atoms with Gasteiger partial charge in [0.1, 0.15) is 11.6 Å². The van der Waals surface area contributed by atoms with Crippen molar-refractivity contribution >= 4 is 39.0 Å². The van der Waals surface area contributed by atoms with Gasteiger partial charge in [0.2, 0.25) is 0 Å². The summed E-state index contributed by atoms with van der Waals surface area (Å²) < 4.78 is 30.8. The molecule has 1 atom stereocenters. The predicted molar refractivity (Wildman–Crippen MR) is 112 cm³/mol. The van der Waals surface area contributed by atoms with E-state index in [9.17, 15) is 18.0 Å². The van der Waals surface area contributed by atoms with Gasteiger partial charge in [-0.05, 0) is 24.6 Å². The van der Waals surface area contributed by atoms with Crippen molar-refractivity contribution in [1.82, 2.24) is 14.8 Å². The van der Waals surface area contributed by atoms with Crippen molar-refractivity contribution in [2.45, 2.75) is 24.0 Å². The molecular weight excluding hydrogens is 428 g/mol. The second-order valence-electron chi connectivity index (χ2n) is 7.10. The van der Waals surface area contributed by atoms with E-state index in [4.69, 9.17) is 4.74 Å². The molecule has 3 heterocycles. The fourth-order valence-corrected chi connectivity index (χ4v) is 6.07. The number of thioether (sulfide) groups is 1. The smallest absolute Gasteiger partial charge is 0.262 e. The molecule has 1 aromatic heterocycles. The molecular formula is C19H20N4O5S2. The number of carbonyl (C=O) groups excluding carboxylic acids is 2. The van der Waals surface area contributed by atoms with E-state index in [1.54, 1.807) is 24.3 Å². The highest BCUT2D eigenvalue weighted by Gasteiger charge is 2.33. The van der Waals surface area contributed by atoms with Crippen molar-refractivity contribution in [3.63, 3.8) is 0 Å². The highest BCUT2D eigenvalue weighted by atomic mass is 32.2. The van der Waals surface area contributed by atoms with Gasteiger partial charge < -0.3 is 14.6 Å². The van der Waals surface area contributed by atoms with Gasteiger partial charge in [0.05, 0.1) is 22.9 Å². The lowest BCUT2D eigenvalue weighted by Crippen LogP contribution is -2.25. The summed E-state index contributed by atoms with van der Waals surface area (Å²) in [4.78, 5) is 24.2. The number of ketones is 1. The largest absolute Gasteiger partial charge is 0.482 e. The number of allylic oxidation sites excluding steroid dienone is 1. The summed E-state index contributed by atoms with van der Waals surface area (Å²) in [5.74, 6) is 0.872. The molecule has 2 aromatic rings. The first-order chi connectivity index (χ1) is 14.4. The molecule has 1 amide bonds. The number of nitrogens with zero attached hydrogens (tertiary/aromatic N) is 3. The number of benzene rings is 1. The van der Waals surface area contributed by atoms with E-state index in [0.717, 1.165) is 0 Å². The Kier molecular flexibility index (Phi) is 5.65. The summed E-state index contributed by atoms with van der Waals surface area (Å²) in [7, 11) is -3.05. The van der Waals surface area contributed by atoms with Crippen LogP contribution >= 0.6 is 11.8 Å². The zero-order valence-electron chi connectivity index (χ0n) is 16.0. The van der Waals surface area contributed by atoms with Crippen molar-refractivity contribution in [2.24, 2.45) is 0 Å². The molecule has 11 heteroatoms. The molecule has 0 radical (unpaired) electrons. The maximum atomic E-state index is 12.7. The zero-order chi connectivity index (χ0) is 21.3. The Hall–Kier alpha value is -2.66. The summed E-state index contributed by atoms with van der Waals surface area (Å²) in [6.45, 7) is 4.13. The minimum Gasteiger partial charge on any atom is -0.482 e. The summed E-state index contributed by atoms with van der Waals surface area (Å²) in [6, 6.07) is 4.91. The average molecular weight is 449 g/mol. The SMILES string of the molecule is C=CCn1c(SCC(=O)c2ccc3c(c2)NC(=O)CO3)nnc1[C@H]1CCS(=O)(=O)C1. The van der Waals surface area contributed by atoms with Crippen molar-refractivity contribution in [2.75, 3.05) is 29.2 Å². The Labute approximate surface area is 177 Å². The number of hydrogen-bond acceptors (Lipinski definition) is 8. The summed E-state index contributed by atoms with van der Waals surface area (Å²) in [5, 5.41) is 11.6. The van der Waals surface area contributed by atoms with Crippen LogP contribution in [0.2, 0.25) is 0 Å². The monoisotopic (exact) mass is 448 g/mol. The van der Waals surface area contributed by atoms with E-state index in [1.165, 1.54) is 11.8 Å². The van der Waals surface area contributed by atoms with E-state index < -0.39 is 9.84 Å². The Bertz CT molecular complexity index is 1130. The van der Waals surface area contributed by atoms with E-state index in [0.29, 0.717) is 40.9 Å². The third-order valence-electron chi connectivity index (χ3n) is 4.92. The van der Waals surface area contributed by atoms with Crippen molar-refractivity contribution in [3.8, 4) is 5.75 Å². The molecule has 0 aliphatic carbocycles. The Morgan fingerprint density at radius 1 is 1.40 bits per heavy atom. The Morgan fingerprint density at radius 2 is 2.23 bits per heavy atom. The molecule has 2 aliphatic heterocycles. The van der Waals surface area contributed by atoms with Crippen LogP contribution in [-0.4, -0.2) is 58.7 Å². The average Bonchev–Trinajstić information content (AvgIpc) is 3.28. The zero-order valence-corrected chi connectivity index (χ0v) is 17.7. The van der Waals surface area contributed by atoms with E-state index >= 15 is 0 Å². The summed E-state index contributed by atoms with van der Waals surface area (Å²) in [5.41, 5.74) is 0.922. The quantitative estimate of drug-likeness (QED) is 0.386. The molecule has 158 valence electrons. The first-order valence-electron chi connectivity index (χ1n) is 9.33. The predicted octanol–water partition coefficient (Wildman–Crippen LogP) is 1.67. The first-order valence-corrected chi connectivity index (χ1v) is 12.1. The lowest BCUT2D eigenvalue weighted by molar-refractivity contribution is -0.118. The Morgan fingerprint density at radius 3 is 2.97 bits per heavy atom. The number of sulfone groups is 1. The third kappa shape index (κ3) is 4.26. The number of carbonyl (C=O) groups is 2. The summed E-state index contributed by atoms with van der Waals surface area (Å²) in [6.07, 6.45) is 2.21. The highest BCUT2D eigenvalue weighted by Crippen LogP contribution is 2.31. The van der Waals surface area contributed by atoms with Gasteiger partial charge in [0, 0.05) is 18.0 Å². The number of nitrogens with one attached hydrogen (secondary N) is 1. The Balaban J connectivity index is 1.48. The topological polar surface area (TPSA) is 120 Å². The highest BCUT2D eigenvalue weighted by molar-refractivity contribution is 7.99. The number of fused-ring (bicyclic) bond motifs is 1. The van der Waals surface area contributed by atoms with Crippen molar-refractivity contribution < 1.29 is 22.7 Å². The minimum absolute atomic E-state index is 0.0419. The van der Waals surface area contributed by atoms with Crippen LogP contribution < -0.4 is 10.1 Å². The molecule has 1 saturated heterocycles.